The van der Waals surface area contributed by atoms with Crippen molar-refractivity contribution in [3.05, 3.63) is 57.7 Å². The van der Waals surface area contributed by atoms with E-state index in [-0.39, 0.29) is 36.0 Å². The highest BCUT2D eigenvalue weighted by Crippen LogP contribution is 2.37. The Labute approximate surface area is 155 Å². The quantitative estimate of drug-likeness (QED) is 0.736. The van der Waals surface area contributed by atoms with Crippen LogP contribution in [0.5, 0.6) is 0 Å². The zero-order chi connectivity index (χ0) is 18.9. The van der Waals surface area contributed by atoms with E-state index in [1.165, 1.54) is 24.5 Å². The first-order valence-electron chi connectivity index (χ1n) is 7.58. The van der Waals surface area contributed by atoms with Crippen LogP contribution < -0.4 is 5.73 Å². The van der Waals surface area contributed by atoms with E-state index in [1.807, 2.05) is 0 Å². The Bertz CT molecular complexity index is 869. The first-order chi connectivity index (χ1) is 12.3. The van der Waals surface area contributed by atoms with Gasteiger partial charge in [-0.25, -0.2) is 13.2 Å². The molecule has 0 fully saturated rings. The number of Topliss-reactive ketones (excluding diaryl/α,β-unsaturated/α-hetero) is 1. The number of rotatable bonds is 5. The molecule has 0 amide bonds. The summed E-state index contributed by atoms with van der Waals surface area (Å²) in [5, 5.41) is 0. The third-order valence-corrected chi connectivity index (χ3v) is 4.40. The van der Waals surface area contributed by atoms with E-state index in [2.05, 4.69) is 20.9 Å². The summed E-state index contributed by atoms with van der Waals surface area (Å²) in [6.45, 7) is -0.605. The molecule has 0 saturated heterocycles. The molecule has 1 atom stereocenters. The Morgan fingerprint density at radius 3 is 2.77 bits per heavy atom. The minimum absolute atomic E-state index is 0.0956. The zero-order valence-electron chi connectivity index (χ0n) is 13.3. The van der Waals surface area contributed by atoms with Crippen LogP contribution in [-0.4, -0.2) is 31.3 Å². The second kappa shape index (κ2) is 7.24. The van der Waals surface area contributed by atoms with E-state index in [9.17, 15) is 18.0 Å². The number of ketones is 1. The normalized spacial score (nSPS) is 20.3. The molecule has 26 heavy (non-hydrogen) atoms. The molecule has 1 aliphatic rings. The summed E-state index contributed by atoms with van der Waals surface area (Å²) in [4.78, 5) is 16.0. The minimum atomic E-state index is -3.04. The Morgan fingerprint density at radius 1 is 1.38 bits per heavy atom. The molecule has 0 spiro atoms. The van der Waals surface area contributed by atoms with Crippen molar-refractivity contribution in [3.63, 3.8) is 0 Å². The number of ether oxygens (including phenoxy) is 1. The van der Waals surface area contributed by atoms with Gasteiger partial charge in [0.25, 0.3) is 6.43 Å². The first-order valence-corrected chi connectivity index (χ1v) is 8.37. The molecule has 5 nitrogen and oxygen atoms in total. The van der Waals surface area contributed by atoms with Crippen LogP contribution in [0.25, 0.3) is 0 Å². The number of carbonyl (C=O) groups excluding carboxylic acids is 1. The fourth-order valence-corrected chi connectivity index (χ4v) is 3.05. The molecular weight excluding hydrogens is 417 g/mol. The second-order valence-corrected chi connectivity index (χ2v) is 6.78. The molecule has 138 valence electrons. The number of amidine groups is 1. The van der Waals surface area contributed by atoms with Gasteiger partial charge in [0.2, 0.25) is 5.78 Å². The summed E-state index contributed by atoms with van der Waals surface area (Å²) in [6.07, 6.45) is -1.83. The third kappa shape index (κ3) is 3.54. The molecule has 3 rings (SSSR count). The van der Waals surface area contributed by atoms with Crippen LogP contribution >= 0.6 is 15.9 Å². The van der Waals surface area contributed by atoms with Gasteiger partial charge in [-0.15, -0.1) is 0 Å². The lowest BCUT2D eigenvalue weighted by Gasteiger charge is -2.33. The van der Waals surface area contributed by atoms with Crippen molar-refractivity contribution in [2.45, 2.75) is 18.4 Å². The van der Waals surface area contributed by atoms with Crippen molar-refractivity contribution in [3.8, 4) is 0 Å². The number of hydrogen-bond acceptors (Lipinski definition) is 5. The molecule has 1 aliphatic heterocycles. The van der Waals surface area contributed by atoms with Crippen molar-refractivity contribution in [2.24, 2.45) is 10.7 Å². The number of carbonyl (C=O) groups is 1. The van der Waals surface area contributed by atoms with Gasteiger partial charge in [0, 0.05) is 18.1 Å². The Balaban J connectivity index is 1.97. The summed E-state index contributed by atoms with van der Waals surface area (Å²) >= 11 is 3.17. The molecule has 1 aromatic carbocycles. The Morgan fingerprint density at radius 2 is 2.15 bits per heavy atom. The highest BCUT2D eigenvalue weighted by Gasteiger charge is 2.46. The minimum Gasteiger partial charge on any atom is -0.460 e. The zero-order valence-corrected chi connectivity index (χ0v) is 14.9. The molecule has 0 radical (unpaired) electrons. The van der Waals surface area contributed by atoms with Gasteiger partial charge in [-0.1, -0.05) is 6.07 Å². The van der Waals surface area contributed by atoms with Crippen LogP contribution in [0.15, 0.2) is 44.4 Å². The average Bonchev–Trinajstić information content (AvgIpc) is 3.03. The van der Waals surface area contributed by atoms with Crippen LogP contribution in [0.3, 0.4) is 0 Å². The van der Waals surface area contributed by atoms with Gasteiger partial charge in [-0.3, -0.25) is 9.79 Å². The SMILES string of the molecule is NC1=N[C@@](c2cc(CC(=O)c3cc(Br)co3)ccc2F)(C(F)F)COC1. The van der Waals surface area contributed by atoms with Gasteiger partial charge in [-0.05, 0) is 33.6 Å². The Kier molecular flexibility index (Phi) is 5.19. The largest absolute Gasteiger partial charge is 0.460 e. The number of furan rings is 1. The maximum Gasteiger partial charge on any atom is 0.269 e. The second-order valence-electron chi connectivity index (χ2n) is 5.86. The summed E-state index contributed by atoms with van der Waals surface area (Å²) in [6, 6.07) is 5.07. The van der Waals surface area contributed by atoms with Gasteiger partial charge >= 0.3 is 0 Å². The topological polar surface area (TPSA) is 77.8 Å². The van der Waals surface area contributed by atoms with Crippen LogP contribution in [0, 0.1) is 5.82 Å². The lowest BCUT2D eigenvalue weighted by atomic mass is 9.88. The van der Waals surface area contributed by atoms with Gasteiger partial charge in [-0.2, -0.15) is 0 Å². The smallest absolute Gasteiger partial charge is 0.269 e. The number of benzene rings is 1. The van der Waals surface area contributed by atoms with Crippen LogP contribution in [0.2, 0.25) is 0 Å². The highest BCUT2D eigenvalue weighted by molar-refractivity contribution is 9.10. The maximum atomic E-state index is 14.3. The summed E-state index contributed by atoms with van der Waals surface area (Å²) in [7, 11) is 0. The number of alkyl halides is 2. The van der Waals surface area contributed by atoms with E-state index in [0.29, 0.717) is 10.0 Å². The maximum absolute atomic E-state index is 14.3. The predicted molar refractivity (Wildman–Crippen MR) is 91.0 cm³/mol. The van der Waals surface area contributed by atoms with Gasteiger partial charge in [0.05, 0.1) is 11.1 Å². The summed E-state index contributed by atoms with van der Waals surface area (Å²) in [5.41, 5.74) is 3.28. The standard InChI is InChI=1S/C17H14BrF3N2O3/c18-10-5-14(26-6-10)13(24)4-9-1-2-12(19)11(3-9)17(16(20)21)8-25-7-15(22)23-17/h1-3,5-6,16H,4,7-8H2,(H2,22,23)/t17-/m0/s1. The first kappa shape index (κ1) is 18.7. The van der Waals surface area contributed by atoms with E-state index in [4.69, 9.17) is 14.9 Å². The fourth-order valence-electron chi connectivity index (χ4n) is 2.75. The van der Waals surface area contributed by atoms with Crippen LogP contribution in [0.4, 0.5) is 13.2 Å². The monoisotopic (exact) mass is 430 g/mol. The van der Waals surface area contributed by atoms with Crippen molar-refractivity contribution in [1.82, 2.24) is 0 Å². The van der Waals surface area contributed by atoms with Crippen molar-refractivity contribution >= 4 is 27.5 Å². The van der Waals surface area contributed by atoms with E-state index < -0.39 is 24.4 Å². The van der Waals surface area contributed by atoms with E-state index in [0.717, 1.165) is 6.07 Å². The molecule has 9 heteroatoms. The molecule has 2 heterocycles. The predicted octanol–water partition coefficient (Wildman–Crippen LogP) is 3.45. The molecule has 1 aromatic heterocycles. The molecule has 0 unspecified atom stereocenters. The molecule has 2 N–H and O–H groups in total. The third-order valence-electron chi connectivity index (χ3n) is 3.98. The summed E-state index contributed by atoms with van der Waals surface area (Å²) < 4.78 is 52.7. The van der Waals surface area contributed by atoms with Crippen molar-refractivity contribution < 1.29 is 27.1 Å². The highest BCUT2D eigenvalue weighted by atomic mass is 79.9. The Hall–Kier alpha value is -2.13. The average molecular weight is 431 g/mol. The van der Waals surface area contributed by atoms with Crippen molar-refractivity contribution in [1.29, 1.82) is 0 Å². The van der Waals surface area contributed by atoms with Crippen LogP contribution in [0.1, 0.15) is 21.7 Å². The molecule has 2 aromatic rings. The number of hydrogen-bond donors (Lipinski definition) is 1. The molecule has 0 saturated carbocycles. The summed E-state index contributed by atoms with van der Waals surface area (Å²) in [5.74, 6) is -1.28. The van der Waals surface area contributed by atoms with Gasteiger partial charge in [0.15, 0.2) is 11.3 Å². The lowest BCUT2D eigenvalue weighted by molar-refractivity contribution is -0.0146. The van der Waals surface area contributed by atoms with E-state index >= 15 is 0 Å². The number of nitrogens with two attached hydrogens (primary N) is 1. The van der Waals surface area contributed by atoms with Crippen LogP contribution in [-0.2, 0) is 16.7 Å². The number of halogens is 4. The van der Waals surface area contributed by atoms with E-state index in [1.54, 1.807) is 0 Å². The number of aliphatic imine (C=N–C) groups is 1. The fraction of sp³-hybridized carbons (Fsp3) is 0.294. The van der Waals surface area contributed by atoms with Gasteiger partial charge < -0.3 is 14.9 Å². The molecule has 0 aliphatic carbocycles. The molecule has 0 bridgehead atoms. The number of nitrogens with zero attached hydrogens (tertiary/aromatic N) is 1. The van der Waals surface area contributed by atoms with Crippen molar-refractivity contribution in [2.75, 3.05) is 13.2 Å². The molecular formula is C17H14BrF3N2O3. The van der Waals surface area contributed by atoms with Gasteiger partial charge in [0.1, 0.15) is 24.5 Å². The lowest BCUT2D eigenvalue weighted by Crippen LogP contribution is -2.45.